The Labute approximate surface area is 110 Å². The van der Waals surface area contributed by atoms with Gasteiger partial charge in [-0.05, 0) is 28.1 Å². The van der Waals surface area contributed by atoms with Gasteiger partial charge in [-0.3, -0.25) is 0 Å². The molecule has 1 aromatic rings. The summed E-state index contributed by atoms with van der Waals surface area (Å²) in [5.41, 5.74) is 0. The van der Waals surface area contributed by atoms with E-state index in [1.807, 2.05) is 0 Å². The maximum atomic E-state index is 12.7. The van der Waals surface area contributed by atoms with Crippen LogP contribution in [0.15, 0.2) is 21.5 Å². The van der Waals surface area contributed by atoms with Crippen LogP contribution in [0.4, 0.5) is 4.39 Å². The van der Waals surface area contributed by atoms with Crippen molar-refractivity contribution in [1.29, 1.82) is 0 Å². The van der Waals surface area contributed by atoms with Gasteiger partial charge in [0.05, 0.1) is 9.37 Å². The van der Waals surface area contributed by atoms with Crippen LogP contribution >= 0.6 is 15.9 Å². The normalized spacial score (nSPS) is 10.8. The zero-order valence-electron chi connectivity index (χ0n) is 6.99. The number of benzene rings is 1. The van der Waals surface area contributed by atoms with Crippen molar-refractivity contribution in [1.82, 2.24) is 0 Å². The Morgan fingerprint density at radius 1 is 1.43 bits per heavy atom. The van der Waals surface area contributed by atoms with E-state index < -0.39 is 26.6 Å². The molecule has 0 spiro atoms. The fourth-order valence-corrected chi connectivity index (χ4v) is 1.78. The van der Waals surface area contributed by atoms with Gasteiger partial charge < -0.3 is 9.66 Å². The monoisotopic (exact) mass is 292 g/mol. The largest absolute Gasteiger partial charge is 1.00 e. The average Bonchev–Trinajstić information content (AvgIpc) is 1.97. The van der Waals surface area contributed by atoms with Crippen molar-refractivity contribution < 1.29 is 52.0 Å². The van der Waals surface area contributed by atoms with Gasteiger partial charge in [0.25, 0.3) is 0 Å². The smallest absolute Gasteiger partial charge is 0.744 e. The molecule has 0 saturated carbocycles. The van der Waals surface area contributed by atoms with E-state index in [0.717, 1.165) is 6.07 Å². The molecule has 0 aliphatic carbocycles. The van der Waals surface area contributed by atoms with E-state index in [4.69, 9.17) is 5.11 Å². The van der Waals surface area contributed by atoms with Crippen molar-refractivity contribution in [2.75, 3.05) is 0 Å². The molecule has 72 valence electrons. The Morgan fingerprint density at radius 2 is 1.93 bits per heavy atom. The van der Waals surface area contributed by atoms with E-state index in [0.29, 0.717) is 6.07 Å². The van der Waals surface area contributed by atoms with Crippen molar-refractivity contribution in [3.63, 3.8) is 0 Å². The van der Waals surface area contributed by atoms with Crippen LogP contribution in [0.3, 0.4) is 0 Å². The first-order valence-electron chi connectivity index (χ1n) is 2.96. The maximum absolute atomic E-state index is 12.7. The molecule has 14 heavy (non-hydrogen) atoms. The van der Waals surface area contributed by atoms with E-state index >= 15 is 0 Å². The molecule has 0 unspecified atom stereocenters. The summed E-state index contributed by atoms with van der Waals surface area (Å²) in [5, 5.41) is 8.88. The van der Waals surface area contributed by atoms with Gasteiger partial charge >= 0.3 is 29.6 Å². The number of rotatable bonds is 1. The van der Waals surface area contributed by atoms with Gasteiger partial charge in [0.15, 0.2) is 11.6 Å². The SMILES string of the molecule is O=S(=O)([O-])c1cc(F)c(O)c(Br)c1.[Na+]. The van der Waals surface area contributed by atoms with Crippen LogP contribution in [0.25, 0.3) is 0 Å². The first-order valence-corrected chi connectivity index (χ1v) is 5.16. The molecule has 8 heteroatoms. The molecule has 1 aromatic carbocycles. The minimum absolute atomic E-state index is 0. The van der Waals surface area contributed by atoms with Gasteiger partial charge in [-0.25, -0.2) is 12.8 Å². The molecule has 0 heterocycles. The van der Waals surface area contributed by atoms with Crippen LogP contribution < -0.4 is 29.6 Å². The summed E-state index contributed by atoms with van der Waals surface area (Å²) in [6.07, 6.45) is 0. The maximum Gasteiger partial charge on any atom is 1.00 e. The van der Waals surface area contributed by atoms with Crippen LogP contribution in [0.1, 0.15) is 0 Å². The average molecular weight is 293 g/mol. The van der Waals surface area contributed by atoms with Gasteiger partial charge in [0, 0.05) is 0 Å². The van der Waals surface area contributed by atoms with Crippen LogP contribution in [0.5, 0.6) is 5.75 Å². The summed E-state index contributed by atoms with van der Waals surface area (Å²) in [6.45, 7) is 0. The van der Waals surface area contributed by atoms with Crippen LogP contribution in [0, 0.1) is 5.82 Å². The fourth-order valence-electron chi connectivity index (χ4n) is 0.687. The Balaban J connectivity index is 0.00000169. The fraction of sp³-hybridized carbons (Fsp3) is 0. The van der Waals surface area contributed by atoms with E-state index in [1.165, 1.54) is 0 Å². The first kappa shape index (κ1) is 14.3. The number of phenols is 1. The third-order valence-electron chi connectivity index (χ3n) is 1.28. The predicted molar refractivity (Wildman–Crippen MR) is 43.7 cm³/mol. The second-order valence-corrected chi connectivity index (χ2v) is 4.42. The summed E-state index contributed by atoms with van der Waals surface area (Å²) < 4.78 is 43.8. The summed E-state index contributed by atoms with van der Waals surface area (Å²) in [4.78, 5) is -0.727. The summed E-state index contributed by atoms with van der Waals surface area (Å²) in [6, 6.07) is 1.29. The summed E-state index contributed by atoms with van der Waals surface area (Å²) >= 11 is 2.70. The van der Waals surface area contributed by atoms with E-state index in [9.17, 15) is 17.4 Å². The van der Waals surface area contributed by atoms with Crippen molar-refractivity contribution >= 4 is 26.0 Å². The summed E-state index contributed by atoms with van der Waals surface area (Å²) in [7, 11) is -4.70. The molecule has 0 bridgehead atoms. The Bertz CT molecular complexity index is 424. The molecule has 1 rings (SSSR count). The van der Waals surface area contributed by atoms with Crippen molar-refractivity contribution in [3.8, 4) is 5.75 Å². The molecule has 1 N–H and O–H groups in total. The summed E-state index contributed by atoms with van der Waals surface area (Å²) in [5.74, 6) is -1.89. The first-order chi connectivity index (χ1) is 5.82. The number of aromatic hydroxyl groups is 1. The Hall–Kier alpha value is 0.340. The topological polar surface area (TPSA) is 77.4 Å². The van der Waals surface area contributed by atoms with Crippen LogP contribution in [0.2, 0.25) is 0 Å². The van der Waals surface area contributed by atoms with Crippen molar-refractivity contribution in [2.24, 2.45) is 0 Å². The van der Waals surface area contributed by atoms with Crippen LogP contribution in [-0.4, -0.2) is 18.1 Å². The van der Waals surface area contributed by atoms with Crippen LogP contribution in [-0.2, 0) is 10.1 Å². The molecule has 0 saturated heterocycles. The zero-order chi connectivity index (χ0) is 10.2. The molecular formula is C6H3BrFNaO4S. The van der Waals surface area contributed by atoms with E-state index in [2.05, 4.69) is 15.9 Å². The Morgan fingerprint density at radius 3 is 2.29 bits per heavy atom. The molecule has 4 nitrogen and oxygen atoms in total. The van der Waals surface area contributed by atoms with Gasteiger partial charge in [-0.15, -0.1) is 0 Å². The van der Waals surface area contributed by atoms with Gasteiger partial charge in [-0.2, -0.15) is 0 Å². The quantitative estimate of drug-likeness (QED) is 0.490. The van der Waals surface area contributed by atoms with Gasteiger partial charge in [0.1, 0.15) is 10.1 Å². The predicted octanol–water partition coefficient (Wildman–Crippen LogP) is -1.80. The second-order valence-electron chi connectivity index (χ2n) is 2.19. The molecule has 0 aliphatic heterocycles. The number of phenolic OH excluding ortho intramolecular Hbond substituents is 1. The van der Waals surface area contributed by atoms with Crippen molar-refractivity contribution in [2.45, 2.75) is 4.90 Å². The zero-order valence-corrected chi connectivity index (χ0v) is 11.4. The van der Waals surface area contributed by atoms with Gasteiger partial charge in [0.2, 0.25) is 0 Å². The molecule has 0 amide bonds. The van der Waals surface area contributed by atoms with E-state index in [1.54, 1.807) is 0 Å². The molecule has 0 atom stereocenters. The molecular weight excluding hydrogens is 290 g/mol. The standard InChI is InChI=1S/C6H4BrFO4S.Na/c7-4-1-3(13(10,11)12)2-5(8)6(4)9;/h1-2,9H,(H,10,11,12);/q;+1/p-1. The second kappa shape index (κ2) is 4.91. The van der Waals surface area contributed by atoms with Crippen molar-refractivity contribution in [3.05, 3.63) is 22.4 Å². The number of halogens is 2. The molecule has 0 radical (unpaired) electrons. The third-order valence-corrected chi connectivity index (χ3v) is 2.70. The van der Waals surface area contributed by atoms with Gasteiger partial charge in [-0.1, -0.05) is 0 Å². The minimum Gasteiger partial charge on any atom is -0.744 e. The molecule has 0 aliphatic rings. The third kappa shape index (κ3) is 3.18. The minimum atomic E-state index is -4.70. The van der Waals surface area contributed by atoms with E-state index in [-0.39, 0.29) is 34.0 Å². The number of hydrogen-bond donors (Lipinski definition) is 1. The molecule has 0 fully saturated rings. The Kier molecular flexibility index (Phi) is 5.03. The number of hydrogen-bond acceptors (Lipinski definition) is 4. The molecule has 0 aromatic heterocycles.